The molecule has 1 saturated heterocycles. The molecule has 0 radical (unpaired) electrons. The Hall–Kier alpha value is -1.63. The van der Waals surface area contributed by atoms with Gasteiger partial charge in [-0.25, -0.2) is 4.98 Å². The van der Waals surface area contributed by atoms with Gasteiger partial charge >= 0.3 is 0 Å². The summed E-state index contributed by atoms with van der Waals surface area (Å²) >= 11 is 1.69. The summed E-state index contributed by atoms with van der Waals surface area (Å²) in [6, 6.07) is 6.57. The van der Waals surface area contributed by atoms with Gasteiger partial charge in [0.2, 0.25) is 6.79 Å². The first-order valence-electron chi connectivity index (χ1n) is 7.58. The Morgan fingerprint density at radius 1 is 1.36 bits per heavy atom. The Bertz CT molecular complexity index is 673. The van der Waals surface area contributed by atoms with E-state index in [9.17, 15) is 0 Å². The van der Waals surface area contributed by atoms with Crippen LogP contribution in [0, 0.1) is 0 Å². The highest BCUT2D eigenvalue weighted by Gasteiger charge is 2.18. The van der Waals surface area contributed by atoms with Gasteiger partial charge in [-0.1, -0.05) is 0 Å². The second kappa shape index (κ2) is 5.87. The molecule has 6 heteroatoms. The maximum atomic E-state index is 5.44. The van der Waals surface area contributed by atoms with Crippen molar-refractivity contribution in [3.05, 3.63) is 29.3 Å². The average Bonchev–Trinajstić information content (AvgIpc) is 3.15. The highest BCUT2D eigenvalue weighted by atomic mass is 32.1. The number of hydrogen-bond donors (Lipinski definition) is 1. The summed E-state index contributed by atoms with van der Waals surface area (Å²) in [4.78, 5) is 7.24. The fourth-order valence-corrected chi connectivity index (χ4v) is 3.73. The summed E-state index contributed by atoms with van der Waals surface area (Å²) in [5, 5.41) is 6.67. The first kappa shape index (κ1) is 14.0. The summed E-state index contributed by atoms with van der Waals surface area (Å²) in [6.07, 6.45) is 0. The van der Waals surface area contributed by atoms with E-state index in [2.05, 4.69) is 22.5 Å². The maximum absolute atomic E-state index is 5.44. The lowest BCUT2D eigenvalue weighted by Crippen LogP contribution is -2.48. The lowest BCUT2D eigenvalue weighted by Gasteiger charge is -2.31. The van der Waals surface area contributed by atoms with Crippen LogP contribution in [-0.2, 0) is 6.54 Å². The topological polar surface area (TPSA) is 46.6 Å². The molecule has 0 amide bonds. The van der Waals surface area contributed by atoms with Crippen molar-refractivity contribution >= 4 is 11.3 Å². The van der Waals surface area contributed by atoms with Crippen molar-refractivity contribution in [3.8, 4) is 22.1 Å². The normalized spacial score (nSPS) is 21.2. The molecule has 1 fully saturated rings. The van der Waals surface area contributed by atoms with Gasteiger partial charge in [0.05, 0.1) is 5.69 Å². The zero-order valence-electron chi connectivity index (χ0n) is 12.5. The lowest BCUT2D eigenvalue weighted by atomic mass is 10.2. The van der Waals surface area contributed by atoms with Gasteiger partial charge in [0.25, 0.3) is 0 Å². The minimum absolute atomic E-state index is 0.309. The predicted octanol–water partition coefficient (Wildman–Crippen LogP) is 2.33. The number of rotatable bonds is 3. The number of nitrogens with zero attached hydrogens (tertiary/aromatic N) is 2. The number of nitrogens with one attached hydrogen (secondary N) is 1. The Morgan fingerprint density at radius 2 is 2.27 bits per heavy atom. The van der Waals surface area contributed by atoms with Crippen LogP contribution in [0.25, 0.3) is 10.6 Å². The molecule has 2 aromatic rings. The average molecular weight is 317 g/mol. The van der Waals surface area contributed by atoms with Gasteiger partial charge in [0, 0.05) is 43.2 Å². The van der Waals surface area contributed by atoms with Gasteiger partial charge in [-0.2, -0.15) is 0 Å². The molecule has 0 spiro atoms. The number of benzene rings is 1. The molecule has 0 aliphatic carbocycles. The van der Waals surface area contributed by atoms with Gasteiger partial charge in [-0.3, -0.25) is 4.90 Å². The van der Waals surface area contributed by atoms with E-state index < -0.39 is 0 Å². The van der Waals surface area contributed by atoms with Gasteiger partial charge in [-0.05, 0) is 25.1 Å². The molecule has 3 heterocycles. The van der Waals surface area contributed by atoms with Crippen molar-refractivity contribution in [1.29, 1.82) is 0 Å². The SMILES string of the molecule is CC1CN(Cc2csc(-c3ccc4c(c3)OCO4)n2)CCN1. The van der Waals surface area contributed by atoms with E-state index in [1.54, 1.807) is 11.3 Å². The third-order valence-electron chi connectivity index (χ3n) is 4.01. The molecule has 1 aromatic heterocycles. The van der Waals surface area contributed by atoms with Crippen LogP contribution in [0.5, 0.6) is 11.5 Å². The second-order valence-corrected chi connectivity index (χ2v) is 6.66. The Morgan fingerprint density at radius 3 is 3.18 bits per heavy atom. The van der Waals surface area contributed by atoms with Crippen LogP contribution in [-0.4, -0.2) is 42.4 Å². The zero-order chi connectivity index (χ0) is 14.9. The quantitative estimate of drug-likeness (QED) is 0.941. The first-order chi connectivity index (χ1) is 10.8. The van der Waals surface area contributed by atoms with Crippen LogP contribution in [0.1, 0.15) is 12.6 Å². The molecular formula is C16H19N3O2S. The summed E-state index contributed by atoms with van der Waals surface area (Å²) in [5.74, 6) is 1.63. The van der Waals surface area contributed by atoms with Crippen molar-refractivity contribution in [1.82, 2.24) is 15.2 Å². The highest BCUT2D eigenvalue weighted by Crippen LogP contribution is 2.36. The van der Waals surface area contributed by atoms with Gasteiger partial charge in [0.1, 0.15) is 5.01 Å². The molecule has 116 valence electrons. The molecule has 1 aromatic carbocycles. The Labute approximate surface area is 133 Å². The number of thiazole rings is 1. The molecular weight excluding hydrogens is 298 g/mol. The van der Waals surface area contributed by atoms with E-state index in [1.807, 2.05) is 18.2 Å². The number of aromatic nitrogens is 1. The standard InChI is InChI=1S/C16H19N3O2S/c1-11-7-19(5-4-17-11)8-13-9-22-16(18-13)12-2-3-14-15(6-12)21-10-20-14/h2-3,6,9,11,17H,4-5,7-8,10H2,1H3. The Balaban J connectivity index is 1.49. The van der Waals surface area contributed by atoms with Crippen LogP contribution in [0.15, 0.2) is 23.6 Å². The van der Waals surface area contributed by atoms with Crippen molar-refractivity contribution in [2.24, 2.45) is 0 Å². The van der Waals surface area contributed by atoms with Crippen molar-refractivity contribution in [2.45, 2.75) is 19.5 Å². The first-order valence-corrected chi connectivity index (χ1v) is 8.46. The monoisotopic (exact) mass is 317 g/mol. The lowest BCUT2D eigenvalue weighted by molar-refractivity contribution is 0.174. The molecule has 1 atom stereocenters. The maximum Gasteiger partial charge on any atom is 0.231 e. The highest BCUT2D eigenvalue weighted by molar-refractivity contribution is 7.13. The summed E-state index contributed by atoms with van der Waals surface area (Å²) < 4.78 is 10.8. The largest absolute Gasteiger partial charge is 0.454 e. The minimum Gasteiger partial charge on any atom is -0.454 e. The molecule has 22 heavy (non-hydrogen) atoms. The number of piperazine rings is 1. The third kappa shape index (κ3) is 2.82. The van der Waals surface area contributed by atoms with E-state index in [-0.39, 0.29) is 0 Å². The van der Waals surface area contributed by atoms with Crippen LogP contribution in [0.2, 0.25) is 0 Å². The zero-order valence-corrected chi connectivity index (χ0v) is 13.4. The molecule has 1 unspecified atom stereocenters. The predicted molar refractivity (Wildman–Crippen MR) is 86.4 cm³/mol. The van der Waals surface area contributed by atoms with Crippen LogP contribution >= 0.6 is 11.3 Å². The van der Waals surface area contributed by atoms with E-state index in [0.717, 1.165) is 53.9 Å². The number of ether oxygens (including phenoxy) is 2. The fraction of sp³-hybridized carbons (Fsp3) is 0.438. The smallest absolute Gasteiger partial charge is 0.231 e. The summed E-state index contributed by atoms with van der Waals surface area (Å²) in [5.41, 5.74) is 2.24. The van der Waals surface area contributed by atoms with Gasteiger partial charge in [0.15, 0.2) is 11.5 Å². The van der Waals surface area contributed by atoms with Crippen LogP contribution < -0.4 is 14.8 Å². The minimum atomic E-state index is 0.309. The molecule has 0 saturated carbocycles. The number of hydrogen-bond acceptors (Lipinski definition) is 6. The molecule has 4 rings (SSSR count). The van der Waals surface area contributed by atoms with Crippen LogP contribution in [0.4, 0.5) is 0 Å². The molecule has 5 nitrogen and oxygen atoms in total. The fourth-order valence-electron chi connectivity index (χ4n) is 2.93. The third-order valence-corrected chi connectivity index (χ3v) is 4.95. The second-order valence-electron chi connectivity index (χ2n) is 5.80. The van der Waals surface area contributed by atoms with Crippen molar-refractivity contribution < 1.29 is 9.47 Å². The van der Waals surface area contributed by atoms with E-state index in [4.69, 9.17) is 14.5 Å². The molecule has 1 N–H and O–H groups in total. The summed E-state index contributed by atoms with van der Waals surface area (Å²) in [7, 11) is 0. The Kier molecular flexibility index (Phi) is 3.73. The van der Waals surface area contributed by atoms with Gasteiger partial charge in [-0.15, -0.1) is 11.3 Å². The molecule has 2 aliphatic rings. The molecule has 0 bridgehead atoms. The summed E-state index contributed by atoms with van der Waals surface area (Å²) in [6.45, 7) is 6.68. The van der Waals surface area contributed by atoms with Crippen LogP contribution in [0.3, 0.4) is 0 Å². The molecule has 2 aliphatic heterocycles. The van der Waals surface area contributed by atoms with E-state index in [1.165, 1.54) is 0 Å². The van der Waals surface area contributed by atoms with E-state index in [0.29, 0.717) is 12.8 Å². The van der Waals surface area contributed by atoms with Crippen molar-refractivity contribution in [2.75, 3.05) is 26.4 Å². The number of fused-ring (bicyclic) bond motifs is 1. The van der Waals surface area contributed by atoms with E-state index >= 15 is 0 Å². The van der Waals surface area contributed by atoms with Gasteiger partial charge < -0.3 is 14.8 Å². The van der Waals surface area contributed by atoms with Crippen molar-refractivity contribution in [3.63, 3.8) is 0 Å².